The van der Waals surface area contributed by atoms with E-state index in [0.717, 1.165) is 38.1 Å². The normalized spacial score (nSPS) is 21.5. The number of hydrogen-bond donors (Lipinski definition) is 0. The average Bonchev–Trinajstić information content (AvgIpc) is 3.27. The molecule has 3 aromatic carbocycles. The SMILES string of the molecule is Cc1cc(C)c(P23(OC(C(F)(F)F)(C(F)(F)F)c4ccccc42)OC(C(F)(F)F)(C(F)(F)F)c2ccccc23)c(C)c1. The van der Waals surface area contributed by atoms with Gasteiger partial charge in [0, 0.05) is 0 Å². The summed E-state index contributed by atoms with van der Waals surface area (Å²) in [5.74, 6) is 0. The molecular weight excluding hydrogens is 615 g/mol. The van der Waals surface area contributed by atoms with E-state index in [9.17, 15) is 52.7 Å². The quantitative estimate of drug-likeness (QED) is 0.200. The van der Waals surface area contributed by atoms with Crippen LogP contribution in [-0.4, -0.2) is 24.7 Å². The van der Waals surface area contributed by atoms with E-state index in [1.807, 2.05) is 0 Å². The fraction of sp³-hybridized carbons (Fsp3) is 0.333. The summed E-state index contributed by atoms with van der Waals surface area (Å²) < 4.78 is 189. The Hall–Kier alpha value is -2.83. The van der Waals surface area contributed by atoms with E-state index in [1.165, 1.54) is 19.1 Å². The third kappa shape index (κ3) is 3.31. The van der Waals surface area contributed by atoms with Crippen molar-refractivity contribution in [1.29, 1.82) is 0 Å². The summed E-state index contributed by atoms with van der Waals surface area (Å²) in [6.07, 6.45) is -25.7. The summed E-state index contributed by atoms with van der Waals surface area (Å²) >= 11 is 0. The number of aryl methyl sites for hydroxylation is 3. The fourth-order valence-electron chi connectivity index (χ4n) is 6.50. The Morgan fingerprint density at radius 2 is 0.833 bits per heavy atom. The van der Waals surface area contributed by atoms with Crippen LogP contribution in [0.1, 0.15) is 27.8 Å². The van der Waals surface area contributed by atoms with Gasteiger partial charge in [0.1, 0.15) is 0 Å². The van der Waals surface area contributed by atoms with Crippen molar-refractivity contribution in [2.24, 2.45) is 0 Å². The molecule has 0 unspecified atom stereocenters. The van der Waals surface area contributed by atoms with Crippen LogP contribution in [-0.2, 0) is 20.2 Å². The van der Waals surface area contributed by atoms with Crippen LogP contribution in [0.5, 0.6) is 0 Å². The third-order valence-corrected chi connectivity index (χ3v) is 13.0. The Balaban J connectivity index is 2.18. The Kier molecular flexibility index (Phi) is 6.13. The third-order valence-electron chi connectivity index (χ3n) is 7.70. The molecule has 5 rings (SSSR count). The Morgan fingerprint density at radius 1 is 0.524 bits per heavy atom. The molecule has 0 saturated carbocycles. The van der Waals surface area contributed by atoms with Crippen LogP contribution in [0.4, 0.5) is 52.7 Å². The number of halogens is 12. The molecule has 2 nitrogen and oxygen atoms in total. The number of hydrogen-bond acceptors (Lipinski definition) is 2. The van der Waals surface area contributed by atoms with Gasteiger partial charge in [-0.25, -0.2) is 0 Å². The van der Waals surface area contributed by atoms with Crippen LogP contribution in [0.25, 0.3) is 0 Å². The second kappa shape index (κ2) is 8.41. The summed E-state index contributed by atoms with van der Waals surface area (Å²) in [5, 5.41) is -3.15. The van der Waals surface area contributed by atoms with Crippen LogP contribution in [0, 0.1) is 20.8 Å². The first-order valence-corrected chi connectivity index (χ1v) is 14.1. The predicted octanol–water partition coefficient (Wildman–Crippen LogP) is 7.97. The number of fused-ring (bicyclic) bond motifs is 4. The number of benzene rings is 3. The predicted molar refractivity (Wildman–Crippen MR) is 129 cm³/mol. The first-order valence-electron chi connectivity index (χ1n) is 12.0. The van der Waals surface area contributed by atoms with Crippen LogP contribution in [0.2, 0.25) is 0 Å². The summed E-state index contributed by atoms with van der Waals surface area (Å²) in [5.41, 5.74) is -14.2. The van der Waals surface area contributed by atoms with Crippen molar-refractivity contribution in [3.8, 4) is 0 Å². The number of rotatable bonds is 1. The summed E-state index contributed by atoms with van der Waals surface area (Å²) in [6, 6.07) is 7.66. The van der Waals surface area contributed by atoms with Gasteiger partial charge < -0.3 is 0 Å². The van der Waals surface area contributed by atoms with E-state index in [4.69, 9.17) is 9.05 Å². The zero-order chi connectivity index (χ0) is 31.6. The Morgan fingerprint density at radius 3 is 1.14 bits per heavy atom. The second-order valence-corrected chi connectivity index (χ2v) is 14.0. The molecule has 0 aliphatic carbocycles. The van der Waals surface area contributed by atoms with Crippen molar-refractivity contribution in [1.82, 2.24) is 0 Å². The van der Waals surface area contributed by atoms with Gasteiger partial charge in [0.25, 0.3) is 0 Å². The molecule has 0 bridgehead atoms. The molecule has 1 spiro atoms. The zero-order valence-electron chi connectivity index (χ0n) is 21.6. The minimum atomic E-state index is -6.99. The molecule has 0 amide bonds. The molecule has 0 N–H and O–H groups in total. The zero-order valence-corrected chi connectivity index (χ0v) is 22.5. The van der Waals surface area contributed by atoms with Gasteiger partial charge in [-0.15, -0.1) is 0 Å². The molecule has 42 heavy (non-hydrogen) atoms. The van der Waals surface area contributed by atoms with Gasteiger partial charge >= 0.3 is 230 Å². The fourth-order valence-corrected chi connectivity index (χ4v) is 13.0. The van der Waals surface area contributed by atoms with Crippen LogP contribution in [0.15, 0.2) is 60.7 Å². The van der Waals surface area contributed by atoms with Crippen LogP contribution in [0.3, 0.4) is 0 Å². The molecule has 0 fully saturated rings. The molecule has 2 aliphatic rings. The van der Waals surface area contributed by atoms with Gasteiger partial charge in [-0.05, 0) is 0 Å². The van der Waals surface area contributed by atoms with E-state index in [2.05, 4.69) is 0 Å². The first-order chi connectivity index (χ1) is 19.0. The van der Waals surface area contributed by atoms with Crippen molar-refractivity contribution in [2.45, 2.75) is 56.7 Å². The molecular formula is C27H19F12O2P. The van der Waals surface area contributed by atoms with Crippen molar-refractivity contribution in [2.75, 3.05) is 0 Å². The van der Waals surface area contributed by atoms with E-state index in [0.29, 0.717) is 29.8 Å². The maximum atomic E-state index is 14.9. The van der Waals surface area contributed by atoms with E-state index >= 15 is 0 Å². The molecule has 0 atom stereocenters. The van der Waals surface area contributed by atoms with E-state index in [-0.39, 0.29) is 11.1 Å². The van der Waals surface area contributed by atoms with Gasteiger partial charge in [-0.1, -0.05) is 0 Å². The Labute approximate surface area is 230 Å². The number of alkyl halides is 12. The van der Waals surface area contributed by atoms with Gasteiger partial charge in [-0.2, -0.15) is 0 Å². The molecule has 0 saturated heterocycles. The van der Waals surface area contributed by atoms with Crippen molar-refractivity contribution in [3.63, 3.8) is 0 Å². The first kappa shape index (κ1) is 30.6. The van der Waals surface area contributed by atoms with Crippen molar-refractivity contribution in [3.05, 3.63) is 88.5 Å². The average molecular weight is 634 g/mol. The monoisotopic (exact) mass is 634 g/mol. The molecule has 2 heterocycles. The van der Waals surface area contributed by atoms with Gasteiger partial charge in [-0.3, -0.25) is 0 Å². The topological polar surface area (TPSA) is 18.5 Å². The van der Waals surface area contributed by atoms with Crippen LogP contribution >= 0.6 is 7.06 Å². The van der Waals surface area contributed by atoms with E-state index in [1.54, 1.807) is 0 Å². The second-order valence-electron chi connectivity index (χ2n) is 10.3. The molecule has 15 heteroatoms. The van der Waals surface area contributed by atoms with Crippen molar-refractivity contribution >= 4 is 23.0 Å². The molecule has 0 radical (unpaired) electrons. The minimum absolute atomic E-state index is 0.227. The molecule has 228 valence electrons. The van der Waals surface area contributed by atoms with Gasteiger partial charge in [0.15, 0.2) is 0 Å². The van der Waals surface area contributed by atoms with Gasteiger partial charge in [0.05, 0.1) is 0 Å². The Bertz CT molecular complexity index is 1460. The molecule has 3 aromatic rings. The summed E-state index contributed by atoms with van der Waals surface area (Å²) in [4.78, 5) is 0. The summed E-state index contributed by atoms with van der Waals surface area (Å²) in [6.45, 7) is 3.78. The van der Waals surface area contributed by atoms with Crippen molar-refractivity contribution < 1.29 is 61.7 Å². The maximum absolute atomic E-state index is 14.9. The van der Waals surface area contributed by atoms with Crippen LogP contribution < -0.4 is 15.9 Å². The standard InChI is InChI=1S/C27H19F12O2P/c1-14-12-15(2)21(16(3)13-14)42(19-10-6-4-8-17(19)22(40-42,24(28,29)30)25(31,32)33)20-11-7-5-9-18(20)23(41-42,26(34,35)36)27(37,38)39/h4-13H,1-3H3. The molecule has 0 aromatic heterocycles. The molecule has 2 aliphatic heterocycles. The summed E-state index contributed by atoms with van der Waals surface area (Å²) in [7, 11) is -6.99. The van der Waals surface area contributed by atoms with E-state index < -0.39 is 70.0 Å². The van der Waals surface area contributed by atoms with Gasteiger partial charge in [0.2, 0.25) is 0 Å².